The number of nitrogens with zero attached hydrogens (tertiary/aromatic N) is 1. The zero-order chi connectivity index (χ0) is 13.7. The number of nitrogens with two attached hydrogens (primary N) is 1. The maximum absolute atomic E-state index is 10.0. The summed E-state index contributed by atoms with van der Waals surface area (Å²) < 4.78 is 0. The SMILES string of the molecule is CCCC[C@@H](O)[C@@H](N)c1ccc(N(C)C)cc1Cl.Cl. The first-order chi connectivity index (χ1) is 8.47. The first kappa shape index (κ1) is 18.5. The van der Waals surface area contributed by atoms with Crippen LogP contribution in [-0.2, 0) is 0 Å². The van der Waals surface area contributed by atoms with Crippen LogP contribution in [0.15, 0.2) is 18.2 Å². The monoisotopic (exact) mass is 306 g/mol. The Hall–Kier alpha value is -0.480. The van der Waals surface area contributed by atoms with Gasteiger partial charge in [-0.25, -0.2) is 0 Å². The predicted octanol–water partition coefficient (Wildman–Crippen LogP) is 3.38. The Morgan fingerprint density at radius 3 is 2.47 bits per heavy atom. The third-order valence-corrected chi connectivity index (χ3v) is 3.45. The lowest BCUT2D eigenvalue weighted by molar-refractivity contribution is 0.132. The van der Waals surface area contributed by atoms with Gasteiger partial charge in [0.25, 0.3) is 0 Å². The Balaban J connectivity index is 0.00000324. The van der Waals surface area contributed by atoms with E-state index in [4.69, 9.17) is 17.3 Å². The van der Waals surface area contributed by atoms with Gasteiger partial charge < -0.3 is 15.7 Å². The predicted molar refractivity (Wildman–Crippen MR) is 85.5 cm³/mol. The quantitative estimate of drug-likeness (QED) is 0.847. The van der Waals surface area contributed by atoms with E-state index >= 15 is 0 Å². The molecule has 0 fully saturated rings. The van der Waals surface area contributed by atoms with Crippen LogP contribution in [0.2, 0.25) is 5.02 Å². The van der Waals surface area contributed by atoms with Gasteiger partial charge in [0.1, 0.15) is 0 Å². The summed E-state index contributed by atoms with van der Waals surface area (Å²) in [6.07, 6.45) is 2.20. The van der Waals surface area contributed by atoms with E-state index in [-0.39, 0.29) is 12.4 Å². The first-order valence-electron chi connectivity index (χ1n) is 6.37. The molecule has 19 heavy (non-hydrogen) atoms. The van der Waals surface area contributed by atoms with Crippen LogP contribution in [0.4, 0.5) is 5.69 Å². The molecule has 0 aromatic heterocycles. The van der Waals surface area contributed by atoms with Gasteiger partial charge in [0.15, 0.2) is 0 Å². The van der Waals surface area contributed by atoms with Crippen molar-refractivity contribution in [3.8, 4) is 0 Å². The van der Waals surface area contributed by atoms with Crippen LogP contribution in [0.5, 0.6) is 0 Å². The molecule has 0 heterocycles. The van der Waals surface area contributed by atoms with E-state index in [0.29, 0.717) is 11.4 Å². The molecule has 0 spiro atoms. The topological polar surface area (TPSA) is 49.5 Å². The van der Waals surface area contributed by atoms with Crippen molar-refractivity contribution in [3.05, 3.63) is 28.8 Å². The van der Waals surface area contributed by atoms with Gasteiger partial charge in [0, 0.05) is 24.8 Å². The van der Waals surface area contributed by atoms with Crippen LogP contribution < -0.4 is 10.6 Å². The molecule has 0 unspecified atom stereocenters. The van der Waals surface area contributed by atoms with E-state index in [9.17, 15) is 5.11 Å². The van der Waals surface area contributed by atoms with Gasteiger partial charge in [-0.05, 0) is 24.1 Å². The smallest absolute Gasteiger partial charge is 0.0733 e. The number of benzene rings is 1. The van der Waals surface area contributed by atoms with Crippen molar-refractivity contribution in [2.24, 2.45) is 5.73 Å². The normalized spacial score (nSPS) is 13.6. The molecule has 0 radical (unpaired) electrons. The van der Waals surface area contributed by atoms with Gasteiger partial charge in [-0.2, -0.15) is 0 Å². The minimum Gasteiger partial charge on any atom is -0.391 e. The van der Waals surface area contributed by atoms with E-state index in [1.165, 1.54) is 0 Å². The summed E-state index contributed by atoms with van der Waals surface area (Å²) in [7, 11) is 3.92. The lowest BCUT2D eigenvalue weighted by Crippen LogP contribution is -2.26. The highest BCUT2D eigenvalue weighted by molar-refractivity contribution is 6.31. The summed E-state index contributed by atoms with van der Waals surface area (Å²) in [5.41, 5.74) is 7.90. The second kappa shape index (κ2) is 8.64. The summed E-state index contributed by atoms with van der Waals surface area (Å²) in [5, 5.41) is 10.6. The number of aliphatic hydroxyl groups excluding tert-OH is 1. The number of unbranched alkanes of at least 4 members (excludes halogenated alkanes) is 1. The number of hydrogen-bond donors (Lipinski definition) is 2. The van der Waals surface area contributed by atoms with Crippen molar-refractivity contribution >= 4 is 29.7 Å². The van der Waals surface area contributed by atoms with Crippen molar-refractivity contribution in [3.63, 3.8) is 0 Å². The number of aliphatic hydroxyl groups is 1. The number of hydrogen-bond acceptors (Lipinski definition) is 3. The lowest BCUT2D eigenvalue weighted by Gasteiger charge is -2.21. The van der Waals surface area contributed by atoms with Crippen LogP contribution in [-0.4, -0.2) is 25.3 Å². The van der Waals surface area contributed by atoms with Gasteiger partial charge in [0.05, 0.1) is 12.1 Å². The van der Waals surface area contributed by atoms with Crippen LogP contribution >= 0.6 is 24.0 Å². The zero-order valence-corrected chi connectivity index (χ0v) is 13.3. The fourth-order valence-corrected chi connectivity index (χ4v) is 2.17. The Morgan fingerprint density at radius 1 is 1.37 bits per heavy atom. The second-order valence-electron chi connectivity index (χ2n) is 4.84. The lowest BCUT2D eigenvalue weighted by atomic mass is 9.98. The molecule has 3 nitrogen and oxygen atoms in total. The van der Waals surface area contributed by atoms with Crippen molar-refractivity contribution in [2.45, 2.75) is 38.3 Å². The number of anilines is 1. The number of rotatable bonds is 6. The molecule has 1 aromatic carbocycles. The maximum Gasteiger partial charge on any atom is 0.0733 e. The Morgan fingerprint density at radius 2 is 2.00 bits per heavy atom. The summed E-state index contributed by atoms with van der Waals surface area (Å²) in [6.45, 7) is 2.09. The molecule has 0 saturated carbocycles. The van der Waals surface area contributed by atoms with Crippen molar-refractivity contribution in [1.82, 2.24) is 0 Å². The molecule has 2 atom stereocenters. The third kappa shape index (κ3) is 5.19. The zero-order valence-electron chi connectivity index (χ0n) is 11.8. The van der Waals surface area contributed by atoms with Gasteiger partial charge in [-0.3, -0.25) is 0 Å². The van der Waals surface area contributed by atoms with Crippen LogP contribution in [0, 0.1) is 0 Å². The Bertz CT molecular complexity index is 386. The Labute approximate surface area is 127 Å². The van der Waals surface area contributed by atoms with Gasteiger partial charge in [0.2, 0.25) is 0 Å². The molecule has 0 bridgehead atoms. The standard InChI is InChI=1S/C14H23ClN2O.ClH/c1-4-5-6-13(18)14(16)11-8-7-10(17(2)3)9-12(11)15;/h7-9,13-14,18H,4-6,16H2,1-3H3;1H/t13-,14+;/m1./s1. The average Bonchev–Trinajstić information content (AvgIpc) is 2.34. The molecule has 0 aliphatic heterocycles. The first-order valence-corrected chi connectivity index (χ1v) is 6.75. The second-order valence-corrected chi connectivity index (χ2v) is 5.24. The summed E-state index contributed by atoms with van der Waals surface area (Å²) in [5.74, 6) is 0. The van der Waals surface area contributed by atoms with E-state index in [0.717, 1.165) is 24.1 Å². The van der Waals surface area contributed by atoms with Crippen LogP contribution in [0.3, 0.4) is 0 Å². The molecule has 0 aliphatic carbocycles. The molecule has 0 amide bonds. The fraction of sp³-hybridized carbons (Fsp3) is 0.571. The molecular weight excluding hydrogens is 283 g/mol. The van der Waals surface area contributed by atoms with Gasteiger partial charge in [-0.1, -0.05) is 37.4 Å². The molecule has 110 valence electrons. The largest absolute Gasteiger partial charge is 0.391 e. The van der Waals surface area contributed by atoms with Crippen molar-refractivity contribution in [1.29, 1.82) is 0 Å². The highest BCUT2D eigenvalue weighted by atomic mass is 35.5. The Kier molecular flexibility index (Phi) is 8.42. The van der Waals surface area contributed by atoms with E-state index in [1.54, 1.807) is 0 Å². The summed E-state index contributed by atoms with van der Waals surface area (Å²) >= 11 is 6.23. The average molecular weight is 307 g/mol. The molecular formula is C14H24Cl2N2O. The van der Waals surface area contributed by atoms with Gasteiger partial charge >= 0.3 is 0 Å². The highest BCUT2D eigenvalue weighted by Crippen LogP contribution is 2.29. The molecule has 1 rings (SSSR count). The van der Waals surface area contributed by atoms with Crippen molar-refractivity contribution < 1.29 is 5.11 Å². The van der Waals surface area contributed by atoms with E-state index in [2.05, 4.69) is 6.92 Å². The van der Waals surface area contributed by atoms with Gasteiger partial charge in [-0.15, -0.1) is 12.4 Å². The maximum atomic E-state index is 10.0. The van der Waals surface area contributed by atoms with Crippen LogP contribution in [0.25, 0.3) is 0 Å². The van der Waals surface area contributed by atoms with Crippen LogP contribution in [0.1, 0.15) is 37.8 Å². The molecule has 5 heteroatoms. The van der Waals surface area contributed by atoms with Crippen molar-refractivity contribution in [2.75, 3.05) is 19.0 Å². The molecule has 0 aliphatic rings. The third-order valence-electron chi connectivity index (χ3n) is 3.13. The molecule has 1 aromatic rings. The highest BCUT2D eigenvalue weighted by Gasteiger charge is 2.19. The van der Waals surface area contributed by atoms with E-state index in [1.807, 2.05) is 37.2 Å². The minimum atomic E-state index is -0.535. The summed E-state index contributed by atoms with van der Waals surface area (Å²) in [6, 6.07) is 5.33. The minimum absolute atomic E-state index is 0. The van der Waals surface area contributed by atoms with E-state index < -0.39 is 12.1 Å². The summed E-state index contributed by atoms with van der Waals surface area (Å²) in [4.78, 5) is 1.98. The number of halogens is 2. The molecule has 0 saturated heterocycles. The molecule has 3 N–H and O–H groups in total. The fourth-order valence-electron chi connectivity index (χ4n) is 1.86.